The zero-order valence-corrected chi connectivity index (χ0v) is 10.4. The number of carbonyl (C=O) groups excluding carboxylic acids is 1. The quantitative estimate of drug-likeness (QED) is 0.826. The lowest BCUT2D eigenvalue weighted by atomic mass is 9.94. The number of benzene rings is 1. The fourth-order valence-corrected chi connectivity index (χ4v) is 1.87. The maximum Gasteiger partial charge on any atom is 0.137 e. The van der Waals surface area contributed by atoms with E-state index in [9.17, 15) is 4.79 Å². The van der Waals surface area contributed by atoms with Gasteiger partial charge in [0.2, 0.25) is 0 Å². The Bertz CT molecular complexity index is 351. The highest BCUT2D eigenvalue weighted by molar-refractivity contribution is 5.81. The lowest BCUT2D eigenvalue weighted by molar-refractivity contribution is -0.119. The van der Waals surface area contributed by atoms with E-state index in [-0.39, 0.29) is 11.7 Å². The number of rotatable bonds is 5. The van der Waals surface area contributed by atoms with Gasteiger partial charge in [0.15, 0.2) is 0 Å². The minimum atomic E-state index is 0.287. The van der Waals surface area contributed by atoms with Crippen molar-refractivity contribution in [3.8, 4) is 0 Å². The van der Waals surface area contributed by atoms with E-state index in [1.807, 2.05) is 13.0 Å². The van der Waals surface area contributed by atoms with Crippen LogP contribution in [0.2, 0.25) is 0 Å². The van der Waals surface area contributed by atoms with Gasteiger partial charge in [0, 0.05) is 12.8 Å². The Morgan fingerprint density at radius 1 is 1.31 bits per heavy atom. The van der Waals surface area contributed by atoms with Gasteiger partial charge >= 0.3 is 0 Å². The van der Waals surface area contributed by atoms with Crippen molar-refractivity contribution in [1.29, 1.82) is 0 Å². The lowest BCUT2D eigenvalue weighted by Crippen LogP contribution is -2.16. The molecule has 0 aliphatic carbocycles. The molecule has 1 rings (SSSR count). The van der Waals surface area contributed by atoms with E-state index in [0.717, 1.165) is 0 Å². The summed E-state index contributed by atoms with van der Waals surface area (Å²) in [7, 11) is 0. The van der Waals surface area contributed by atoms with Crippen molar-refractivity contribution in [1.82, 2.24) is 0 Å². The second-order valence-corrected chi connectivity index (χ2v) is 4.63. The molecular weight excluding hydrogens is 198 g/mol. The normalized spacial score (nSPS) is 12.5. The molecule has 0 fully saturated rings. The lowest BCUT2D eigenvalue weighted by Gasteiger charge is -2.11. The molecule has 1 unspecified atom stereocenters. The molecule has 2 nitrogen and oxygen atoms in total. The highest BCUT2D eigenvalue weighted by atomic mass is 16.1. The maximum atomic E-state index is 11.8. The topological polar surface area (TPSA) is 43.1 Å². The minimum absolute atomic E-state index is 0.287. The van der Waals surface area contributed by atoms with Crippen molar-refractivity contribution in [3.63, 3.8) is 0 Å². The standard InChI is InChI=1S/C14H21NO/c1-10(9-15)7-13(16)8-14-11(2)5-4-6-12(14)3/h4-6,10H,7-9,15H2,1-3H3. The molecule has 0 radical (unpaired) electrons. The number of aryl methyl sites for hydroxylation is 2. The third-order valence-corrected chi connectivity index (χ3v) is 3.00. The maximum absolute atomic E-state index is 11.8. The number of hydrogen-bond donors (Lipinski definition) is 1. The van der Waals surface area contributed by atoms with Crippen molar-refractivity contribution in [2.75, 3.05) is 6.54 Å². The van der Waals surface area contributed by atoms with Crippen molar-refractivity contribution in [2.45, 2.75) is 33.6 Å². The fourth-order valence-electron chi connectivity index (χ4n) is 1.87. The van der Waals surface area contributed by atoms with Gasteiger partial charge in [-0.25, -0.2) is 0 Å². The molecule has 0 bridgehead atoms. The second-order valence-electron chi connectivity index (χ2n) is 4.63. The summed E-state index contributed by atoms with van der Waals surface area (Å²) in [5, 5.41) is 0. The first kappa shape index (κ1) is 12.9. The van der Waals surface area contributed by atoms with Crippen molar-refractivity contribution in [2.24, 2.45) is 11.7 Å². The Morgan fingerprint density at radius 2 is 1.88 bits per heavy atom. The monoisotopic (exact) mass is 219 g/mol. The second kappa shape index (κ2) is 5.80. The van der Waals surface area contributed by atoms with Gasteiger partial charge in [0.1, 0.15) is 5.78 Å². The molecular formula is C14H21NO. The van der Waals surface area contributed by atoms with E-state index >= 15 is 0 Å². The van der Waals surface area contributed by atoms with Crippen LogP contribution < -0.4 is 5.73 Å². The molecule has 0 spiro atoms. The number of Topliss-reactive ketones (excluding diaryl/α,β-unsaturated/α-hetero) is 1. The van der Waals surface area contributed by atoms with E-state index in [2.05, 4.69) is 26.0 Å². The van der Waals surface area contributed by atoms with Crippen LogP contribution in [0.15, 0.2) is 18.2 Å². The van der Waals surface area contributed by atoms with E-state index in [1.165, 1.54) is 16.7 Å². The summed E-state index contributed by atoms with van der Waals surface area (Å²) in [5.41, 5.74) is 9.10. The van der Waals surface area contributed by atoms with Crippen LogP contribution in [0.25, 0.3) is 0 Å². The summed E-state index contributed by atoms with van der Waals surface area (Å²) < 4.78 is 0. The van der Waals surface area contributed by atoms with Gasteiger partial charge in [-0.3, -0.25) is 4.79 Å². The molecule has 0 saturated heterocycles. The SMILES string of the molecule is Cc1cccc(C)c1CC(=O)CC(C)CN. The van der Waals surface area contributed by atoms with Gasteiger partial charge < -0.3 is 5.73 Å². The van der Waals surface area contributed by atoms with Crippen LogP contribution in [0.3, 0.4) is 0 Å². The van der Waals surface area contributed by atoms with Gasteiger partial charge in [-0.1, -0.05) is 25.1 Å². The molecule has 0 aromatic heterocycles. The summed E-state index contributed by atoms with van der Waals surface area (Å²) in [6, 6.07) is 6.14. The molecule has 1 aromatic rings. The van der Waals surface area contributed by atoms with Crippen molar-refractivity contribution >= 4 is 5.78 Å². The Balaban J connectivity index is 2.70. The molecule has 2 N–H and O–H groups in total. The predicted molar refractivity (Wildman–Crippen MR) is 67.5 cm³/mol. The van der Waals surface area contributed by atoms with Gasteiger partial charge in [0.05, 0.1) is 0 Å². The Kier molecular flexibility index (Phi) is 4.69. The van der Waals surface area contributed by atoms with Crippen LogP contribution in [0, 0.1) is 19.8 Å². The minimum Gasteiger partial charge on any atom is -0.330 e. The zero-order chi connectivity index (χ0) is 12.1. The van der Waals surface area contributed by atoms with E-state index in [1.54, 1.807) is 0 Å². The van der Waals surface area contributed by atoms with Crippen LogP contribution >= 0.6 is 0 Å². The average molecular weight is 219 g/mol. The fraction of sp³-hybridized carbons (Fsp3) is 0.500. The molecule has 0 saturated carbocycles. The average Bonchev–Trinajstić information content (AvgIpc) is 2.23. The molecule has 16 heavy (non-hydrogen) atoms. The predicted octanol–water partition coefficient (Wildman–Crippen LogP) is 2.40. The summed E-state index contributed by atoms with van der Waals surface area (Å²) in [6.45, 7) is 6.71. The van der Waals surface area contributed by atoms with E-state index in [0.29, 0.717) is 19.4 Å². The molecule has 88 valence electrons. The zero-order valence-electron chi connectivity index (χ0n) is 10.4. The summed E-state index contributed by atoms with van der Waals surface area (Å²) in [6.07, 6.45) is 1.13. The first-order valence-corrected chi connectivity index (χ1v) is 5.81. The summed E-state index contributed by atoms with van der Waals surface area (Å²) in [4.78, 5) is 11.8. The first-order valence-electron chi connectivity index (χ1n) is 5.81. The van der Waals surface area contributed by atoms with Crippen LogP contribution in [0.1, 0.15) is 30.0 Å². The third kappa shape index (κ3) is 3.46. The number of nitrogens with two attached hydrogens (primary N) is 1. The Morgan fingerprint density at radius 3 is 2.38 bits per heavy atom. The van der Waals surface area contributed by atoms with Crippen LogP contribution in [0.5, 0.6) is 0 Å². The van der Waals surface area contributed by atoms with Crippen molar-refractivity contribution < 1.29 is 4.79 Å². The van der Waals surface area contributed by atoms with Gasteiger partial charge in [-0.2, -0.15) is 0 Å². The molecule has 0 aliphatic rings. The Labute approximate surface area is 97.9 Å². The summed E-state index contributed by atoms with van der Waals surface area (Å²) >= 11 is 0. The number of hydrogen-bond acceptors (Lipinski definition) is 2. The summed E-state index contributed by atoms with van der Waals surface area (Å²) in [5.74, 6) is 0.576. The molecule has 0 aliphatic heterocycles. The van der Waals surface area contributed by atoms with E-state index in [4.69, 9.17) is 5.73 Å². The van der Waals surface area contributed by atoms with Gasteiger partial charge in [-0.05, 0) is 43.0 Å². The van der Waals surface area contributed by atoms with Crippen LogP contribution in [-0.2, 0) is 11.2 Å². The molecule has 1 aromatic carbocycles. The molecule has 0 amide bonds. The molecule has 0 heterocycles. The van der Waals surface area contributed by atoms with Crippen molar-refractivity contribution in [3.05, 3.63) is 34.9 Å². The third-order valence-electron chi connectivity index (χ3n) is 3.00. The van der Waals surface area contributed by atoms with Crippen LogP contribution in [-0.4, -0.2) is 12.3 Å². The first-order chi connectivity index (χ1) is 7.54. The largest absolute Gasteiger partial charge is 0.330 e. The van der Waals surface area contributed by atoms with Gasteiger partial charge in [0.25, 0.3) is 0 Å². The molecule has 2 heteroatoms. The highest BCUT2D eigenvalue weighted by Gasteiger charge is 2.11. The number of ketones is 1. The number of carbonyl (C=O) groups is 1. The van der Waals surface area contributed by atoms with E-state index < -0.39 is 0 Å². The Hall–Kier alpha value is -1.15. The molecule has 1 atom stereocenters. The highest BCUT2D eigenvalue weighted by Crippen LogP contribution is 2.15. The van der Waals surface area contributed by atoms with Crippen LogP contribution in [0.4, 0.5) is 0 Å². The smallest absolute Gasteiger partial charge is 0.137 e. The van der Waals surface area contributed by atoms with Gasteiger partial charge in [-0.15, -0.1) is 0 Å².